The highest BCUT2D eigenvalue weighted by atomic mass is 16.6. The lowest BCUT2D eigenvalue weighted by atomic mass is 9.81. The molecular formula is C15H22N2O2. The molecule has 0 heterocycles. The van der Waals surface area contributed by atoms with Crippen molar-refractivity contribution in [2.75, 3.05) is 0 Å². The van der Waals surface area contributed by atoms with E-state index in [-0.39, 0.29) is 10.6 Å². The summed E-state index contributed by atoms with van der Waals surface area (Å²) in [5.41, 5.74) is 2.01. The summed E-state index contributed by atoms with van der Waals surface area (Å²) >= 11 is 0. The molecule has 0 aromatic heterocycles. The van der Waals surface area contributed by atoms with Crippen LogP contribution < -0.4 is 5.32 Å². The van der Waals surface area contributed by atoms with Gasteiger partial charge in [-0.2, -0.15) is 0 Å². The normalized spacial score (nSPS) is 16.9. The predicted octanol–water partition coefficient (Wildman–Crippen LogP) is 3.57. The Morgan fingerprint density at radius 2 is 2.21 bits per heavy atom. The highest BCUT2D eigenvalue weighted by Gasteiger charge is 2.20. The average molecular weight is 262 g/mol. The van der Waals surface area contributed by atoms with Gasteiger partial charge in [0.2, 0.25) is 0 Å². The standard InChI is InChI=1S/C15H22N2O2/c1-11(9-13-5-3-6-13)16-10-14-7-4-8-15(12(14)2)17(18)19/h4,7-8,11,13,16H,3,5-6,9-10H2,1-2H3. The van der Waals surface area contributed by atoms with Crippen molar-refractivity contribution in [2.45, 2.75) is 52.1 Å². The highest BCUT2D eigenvalue weighted by Crippen LogP contribution is 2.30. The van der Waals surface area contributed by atoms with Crippen molar-refractivity contribution < 1.29 is 4.92 Å². The Hall–Kier alpha value is -1.42. The zero-order chi connectivity index (χ0) is 13.8. The lowest BCUT2D eigenvalue weighted by molar-refractivity contribution is -0.385. The average Bonchev–Trinajstić information content (AvgIpc) is 2.32. The minimum atomic E-state index is -0.309. The molecule has 1 aromatic carbocycles. The molecule has 1 atom stereocenters. The van der Waals surface area contributed by atoms with Gasteiger partial charge in [0.15, 0.2) is 0 Å². The van der Waals surface area contributed by atoms with Crippen LogP contribution in [-0.4, -0.2) is 11.0 Å². The second-order valence-corrected chi connectivity index (χ2v) is 5.63. The number of benzene rings is 1. The first kappa shape index (κ1) is 14.0. The molecule has 0 spiro atoms. The van der Waals surface area contributed by atoms with Gasteiger partial charge >= 0.3 is 0 Å². The van der Waals surface area contributed by atoms with E-state index < -0.39 is 0 Å². The number of rotatable bonds is 6. The SMILES string of the molecule is Cc1c(CNC(C)CC2CCC2)cccc1[N+](=O)[O-]. The van der Waals surface area contributed by atoms with E-state index in [4.69, 9.17) is 0 Å². The summed E-state index contributed by atoms with van der Waals surface area (Å²) in [5, 5.41) is 14.4. The summed E-state index contributed by atoms with van der Waals surface area (Å²) in [6.45, 7) is 4.73. The van der Waals surface area contributed by atoms with Gasteiger partial charge in [-0.25, -0.2) is 0 Å². The van der Waals surface area contributed by atoms with Gasteiger partial charge in [0, 0.05) is 24.2 Å². The quantitative estimate of drug-likeness (QED) is 0.630. The molecule has 4 heteroatoms. The monoisotopic (exact) mass is 262 g/mol. The largest absolute Gasteiger partial charge is 0.310 e. The number of nitro benzene ring substituents is 1. The summed E-state index contributed by atoms with van der Waals surface area (Å²) in [4.78, 5) is 10.6. The molecule has 1 aromatic rings. The van der Waals surface area contributed by atoms with E-state index in [0.717, 1.165) is 17.0 Å². The van der Waals surface area contributed by atoms with Crippen molar-refractivity contribution in [3.05, 3.63) is 39.4 Å². The molecule has 1 fully saturated rings. The van der Waals surface area contributed by atoms with Gasteiger partial charge in [-0.15, -0.1) is 0 Å². The van der Waals surface area contributed by atoms with Gasteiger partial charge in [-0.05, 0) is 31.7 Å². The maximum Gasteiger partial charge on any atom is 0.272 e. The molecule has 0 aliphatic heterocycles. The highest BCUT2D eigenvalue weighted by molar-refractivity contribution is 5.44. The Balaban J connectivity index is 1.91. The van der Waals surface area contributed by atoms with Crippen LogP contribution in [0, 0.1) is 23.0 Å². The molecule has 1 aliphatic rings. The summed E-state index contributed by atoms with van der Waals surface area (Å²) in [5.74, 6) is 0.883. The van der Waals surface area contributed by atoms with Crippen molar-refractivity contribution in [3.63, 3.8) is 0 Å². The minimum Gasteiger partial charge on any atom is -0.310 e. The van der Waals surface area contributed by atoms with Crippen molar-refractivity contribution >= 4 is 5.69 Å². The second kappa shape index (κ2) is 6.15. The Kier molecular flexibility index (Phi) is 4.53. The molecular weight excluding hydrogens is 240 g/mol. The van der Waals surface area contributed by atoms with Crippen LogP contribution in [0.25, 0.3) is 0 Å². The Labute approximate surface area is 114 Å². The van der Waals surface area contributed by atoms with Crippen LogP contribution in [0.5, 0.6) is 0 Å². The summed E-state index contributed by atoms with van der Waals surface area (Å²) in [6, 6.07) is 5.77. The molecule has 0 bridgehead atoms. The summed E-state index contributed by atoms with van der Waals surface area (Å²) < 4.78 is 0. The van der Waals surface area contributed by atoms with Crippen molar-refractivity contribution in [1.29, 1.82) is 0 Å². The van der Waals surface area contributed by atoms with Crippen LogP contribution in [0.3, 0.4) is 0 Å². The zero-order valence-electron chi connectivity index (χ0n) is 11.7. The van der Waals surface area contributed by atoms with E-state index in [9.17, 15) is 10.1 Å². The molecule has 1 N–H and O–H groups in total. The third-order valence-corrected chi connectivity index (χ3v) is 4.17. The fraction of sp³-hybridized carbons (Fsp3) is 0.600. The topological polar surface area (TPSA) is 55.2 Å². The second-order valence-electron chi connectivity index (χ2n) is 5.63. The van der Waals surface area contributed by atoms with Gasteiger partial charge in [-0.1, -0.05) is 31.4 Å². The fourth-order valence-corrected chi connectivity index (χ4v) is 2.66. The van der Waals surface area contributed by atoms with Crippen LogP contribution in [0.15, 0.2) is 18.2 Å². The number of hydrogen-bond donors (Lipinski definition) is 1. The van der Waals surface area contributed by atoms with Gasteiger partial charge in [0.1, 0.15) is 0 Å². The molecule has 4 nitrogen and oxygen atoms in total. The number of nitrogens with one attached hydrogen (secondary N) is 1. The minimum absolute atomic E-state index is 0.214. The van der Waals surface area contributed by atoms with E-state index in [0.29, 0.717) is 12.6 Å². The smallest absolute Gasteiger partial charge is 0.272 e. The van der Waals surface area contributed by atoms with Crippen LogP contribution in [0.2, 0.25) is 0 Å². The van der Waals surface area contributed by atoms with E-state index >= 15 is 0 Å². The Morgan fingerprint density at radius 3 is 2.79 bits per heavy atom. The van der Waals surface area contributed by atoms with Gasteiger partial charge < -0.3 is 5.32 Å². The molecule has 1 aliphatic carbocycles. The number of hydrogen-bond acceptors (Lipinski definition) is 3. The first-order chi connectivity index (χ1) is 9.08. The van der Waals surface area contributed by atoms with Crippen molar-refractivity contribution in [2.24, 2.45) is 5.92 Å². The zero-order valence-corrected chi connectivity index (χ0v) is 11.7. The van der Waals surface area contributed by atoms with Gasteiger partial charge in [0.25, 0.3) is 5.69 Å². The van der Waals surface area contributed by atoms with Gasteiger partial charge in [-0.3, -0.25) is 10.1 Å². The van der Waals surface area contributed by atoms with E-state index in [1.807, 2.05) is 13.0 Å². The lowest BCUT2D eigenvalue weighted by Crippen LogP contribution is -2.30. The number of nitro groups is 1. The third kappa shape index (κ3) is 3.53. The van der Waals surface area contributed by atoms with E-state index in [2.05, 4.69) is 12.2 Å². The van der Waals surface area contributed by atoms with Crippen molar-refractivity contribution in [3.8, 4) is 0 Å². The molecule has 19 heavy (non-hydrogen) atoms. The Bertz CT molecular complexity index is 455. The maximum absolute atomic E-state index is 10.9. The summed E-state index contributed by atoms with van der Waals surface area (Å²) in [6.07, 6.45) is 5.32. The molecule has 0 radical (unpaired) electrons. The third-order valence-electron chi connectivity index (χ3n) is 4.17. The van der Waals surface area contributed by atoms with Crippen LogP contribution in [0.1, 0.15) is 43.7 Å². The number of nitrogens with zero attached hydrogens (tertiary/aromatic N) is 1. The van der Waals surface area contributed by atoms with Crippen molar-refractivity contribution in [1.82, 2.24) is 5.32 Å². The van der Waals surface area contributed by atoms with Crippen LogP contribution in [-0.2, 0) is 6.54 Å². The molecule has 104 valence electrons. The Morgan fingerprint density at radius 1 is 1.47 bits per heavy atom. The van der Waals surface area contributed by atoms with Crippen LogP contribution in [0.4, 0.5) is 5.69 Å². The molecule has 2 rings (SSSR count). The van der Waals surface area contributed by atoms with Gasteiger partial charge in [0.05, 0.1) is 4.92 Å². The fourth-order valence-electron chi connectivity index (χ4n) is 2.66. The predicted molar refractivity (Wildman–Crippen MR) is 76.1 cm³/mol. The molecule has 1 saturated carbocycles. The first-order valence-corrected chi connectivity index (χ1v) is 7.04. The summed E-state index contributed by atoms with van der Waals surface area (Å²) in [7, 11) is 0. The molecule has 0 amide bonds. The maximum atomic E-state index is 10.9. The first-order valence-electron chi connectivity index (χ1n) is 7.04. The molecule has 0 saturated heterocycles. The van der Waals surface area contributed by atoms with E-state index in [1.54, 1.807) is 12.1 Å². The van der Waals surface area contributed by atoms with Crippen LogP contribution >= 0.6 is 0 Å². The molecule has 1 unspecified atom stereocenters. The lowest BCUT2D eigenvalue weighted by Gasteiger charge is -2.28. The van der Waals surface area contributed by atoms with E-state index in [1.165, 1.54) is 25.7 Å².